The van der Waals surface area contributed by atoms with Crippen molar-refractivity contribution < 1.29 is 22.7 Å². The van der Waals surface area contributed by atoms with Crippen LogP contribution in [0.3, 0.4) is 0 Å². The first-order valence-corrected chi connectivity index (χ1v) is 7.71. The number of benzene rings is 1. The van der Waals surface area contributed by atoms with E-state index in [1.54, 1.807) is 4.90 Å². The van der Waals surface area contributed by atoms with Gasteiger partial charge in [0.1, 0.15) is 0 Å². The summed E-state index contributed by atoms with van der Waals surface area (Å²) in [5.41, 5.74) is -0.630. The maximum atomic E-state index is 12.7. The Bertz CT molecular complexity index is 528. The molecule has 1 unspecified atom stereocenters. The first kappa shape index (κ1) is 17.6. The van der Waals surface area contributed by atoms with Gasteiger partial charge in [-0.15, -0.1) is 0 Å². The first-order chi connectivity index (χ1) is 10.9. The predicted molar refractivity (Wildman–Crippen MR) is 81.3 cm³/mol. The highest BCUT2D eigenvalue weighted by Crippen LogP contribution is 2.30. The highest BCUT2D eigenvalue weighted by Gasteiger charge is 2.30. The molecular formula is C16H21F3N2O2. The minimum absolute atomic E-state index is 0.147. The lowest BCUT2D eigenvalue weighted by atomic mass is 10.1. The summed E-state index contributed by atoms with van der Waals surface area (Å²) >= 11 is 0. The van der Waals surface area contributed by atoms with Crippen LogP contribution in [0.4, 0.5) is 23.7 Å². The summed E-state index contributed by atoms with van der Waals surface area (Å²) in [6.45, 7) is 4.38. The standard InChI is InChI=1S/C16H21F3N2O2/c1-2-7-21(10-12-6-8-23-11-12)15(22)20-14-5-3-4-13(9-14)16(17,18)19/h3-5,9,12H,2,6-8,10-11H2,1H3,(H,20,22). The van der Waals surface area contributed by atoms with Crippen LogP contribution < -0.4 is 5.32 Å². The predicted octanol–water partition coefficient (Wildman–Crippen LogP) is 3.99. The Morgan fingerprint density at radius 3 is 2.83 bits per heavy atom. The number of hydrogen-bond donors (Lipinski definition) is 1. The summed E-state index contributed by atoms with van der Waals surface area (Å²) in [7, 11) is 0. The number of nitrogens with zero attached hydrogens (tertiary/aromatic N) is 1. The third-order valence-electron chi connectivity index (χ3n) is 3.72. The topological polar surface area (TPSA) is 41.6 Å². The Morgan fingerprint density at radius 1 is 1.43 bits per heavy atom. The number of carbonyl (C=O) groups is 1. The van der Waals surface area contributed by atoms with Crippen molar-refractivity contribution >= 4 is 11.7 Å². The Kier molecular flexibility index (Phi) is 5.87. The van der Waals surface area contributed by atoms with Gasteiger partial charge < -0.3 is 15.0 Å². The quantitative estimate of drug-likeness (QED) is 0.887. The van der Waals surface area contributed by atoms with Crippen LogP contribution in [-0.2, 0) is 10.9 Å². The van der Waals surface area contributed by atoms with Crippen LogP contribution in [0.5, 0.6) is 0 Å². The largest absolute Gasteiger partial charge is 0.416 e. The van der Waals surface area contributed by atoms with Crippen molar-refractivity contribution in [3.05, 3.63) is 29.8 Å². The molecule has 7 heteroatoms. The van der Waals surface area contributed by atoms with Crippen LogP contribution in [0.15, 0.2) is 24.3 Å². The lowest BCUT2D eigenvalue weighted by Gasteiger charge is -2.25. The van der Waals surface area contributed by atoms with E-state index >= 15 is 0 Å². The summed E-state index contributed by atoms with van der Waals surface area (Å²) < 4.78 is 43.5. The molecule has 0 spiro atoms. The number of urea groups is 1. The molecule has 0 aromatic heterocycles. The highest BCUT2D eigenvalue weighted by atomic mass is 19.4. The van der Waals surface area contributed by atoms with Gasteiger partial charge in [0.25, 0.3) is 0 Å². The fourth-order valence-electron chi connectivity index (χ4n) is 2.56. The zero-order valence-electron chi connectivity index (χ0n) is 13.0. The van der Waals surface area contributed by atoms with Gasteiger partial charge in [-0.25, -0.2) is 4.79 Å². The minimum Gasteiger partial charge on any atom is -0.381 e. The van der Waals surface area contributed by atoms with Crippen LogP contribution in [0, 0.1) is 5.92 Å². The van der Waals surface area contributed by atoms with E-state index in [-0.39, 0.29) is 17.6 Å². The summed E-state index contributed by atoms with van der Waals surface area (Å²) in [5, 5.41) is 2.56. The molecule has 0 aliphatic carbocycles. The molecule has 1 fully saturated rings. The highest BCUT2D eigenvalue weighted by molar-refractivity contribution is 5.89. The van der Waals surface area contributed by atoms with Gasteiger partial charge in [0, 0.05) is 31.3 Å². The number of rotatable bonds is 5. The van der Waals surface area contributed by atoms with E-state index < -0.39 is 11.7 Å². The SMILES string of the molecule is CCCN(CC1CCOC1)C(=O)Nc1cccc(C(F)(F)F)c1. The number of carbonyl (C=O) groups excluding carboxylic acids is 1. The molecule has 23 heavy (non-hydrogen) atoms. The smallest absolute Gasteiger partial charge is 0.381 e. The zero-order chi connectivity index (χ0) is 16.9. The molecule has 1 aliphatic rings. The van der Waals surface area contributed by atoms with E-state index in [0.29, 0.717) is 26.3 Å². The van der Waals surface area contributed by atoms with E-state index in [4.69, 9.17) is 4.74 Å². The molecule has 1 aliphatic heterocycles. The maximum Gasteiger partial charge on any atom is 0.416 e. The van der Waals surface area contributed by atoms with Gasteiger partial charge in [-0.05, 0) is 31.0 Å². The maximum absolute atomic E-state index is 12.7. The van der Waals surface area contributed by atoms with E-state index in [9.17, 15) is 18.0 Å². The fraction of sp³-hybridized carbons (Fsp3) is 0.562. The Hall–Kier alpha value is -1.76. The molecule has 0 saturated carbocycles. The van der Waals surface area contributed by atoms with Crippen molar-refractivity contribution in [1.29, 1.82) is 0 Å². The number of nitrogens with one attached hydrogen (secondary N) is 1. The van der Waals surface area contributed by atoms with Gasteiger partial charge >= 0.3 is 12.2 Å². The number of amides is 2. The summed E-state index contributed by atoms with van der Waals surface area (Å²) in [4.78, 5) is 14.0. The fourth-order valence-corrected chi connectivity index (χ4v) is 2.56. The van der Waals surface area contributed by atoms with Crippen LogP contribution in [0.25, 0.3) is 0 Å². The lowest BCUT2D eigenvalue weighted by Crippen LogP contribution is -2.39. The van der Waals surface area contributed by atoms with Crippen LogP contribution in [-0.4, -0.2) is 37.2 Å². The first-order valence-electron chi connectivity index (χ1n) is 7.71. The molecule has 128 valence electrons. The average Bonchev–Trinajstić information content (AvgIpc) is 2.99. The van der Waals surface area contributed by atoms with Gasteiger partial charge in [-0.2, -0.15) is 13.2 Å². The summed E-state index contributed by atoms with van der Waals surface area (Å²) in [6, 6.07) is 4.29. The van der Waals surface area contributed by atoms with Gasteiger partial charge in [-0.3, -0.25) is 0 Å². The van der Waals surface area contributed by atoms with Gasteiger partial charge in [0.15, 0.2) is 0 Å². The van der Waals surface area contributed by atoms with E-state index in [1.165, 1.54) is 12.1 Å². The second kappa shape index (κ2) is 7.68. The molecule has 4 nitrogen and oxygen atoms in total. The van der Waals surface area contributed by atoms with Crippen molar-refractivity contribution in [2.24, 2.45) is 5.92 Å². The molecule has 2 amide bonds. The van der Waals surface area contributed by atoms with Crippen molar-refractivity contribution in [3.63, 3.8) is 0 Å². The third-order valence-corrected chi connectivity index (χ3v) is 3.72. The van der Waals surface area contributed by atoms with Crippen molar-refractivity contribution in [3.8, 4) is 0 Å². The van der Waals surface area contributed by atoms with E-state index in [2.05, 4.69) is 5.32 Å². The molecule has 1 N–H and O–H groups in total. The van der Waals surface area contributed by atoms with E-state index in [0.717, 1.165) is 25.0 Å². The molecule has 0 radical (unpaired) electrons. The Balaban J connectivity index is 2.02. The number of hydrogen-bond acceptors (Lipinski definition) is 2. The van der Waals surface area contributed by atoms with Crippen LogP contribution in [0.1, 0.15) is 25.3 Å². The summed E-state index contributed by atoms with van der Waals surface area (Å²) in [5.74, 6) is 0.286. The Labute approximate surface area is 133 Å². The molecular weight excluding hydrogens is 309 g/mol. The van der Waals surface area contributed by atoms with Crippen molar-refractivity contribution in [1.82, 2.24) is 4.90 Å². The van der Waals surface area contributed by atoms with E-state index in [1.807, 2.05) is 6.92 Å². The molecule has 1 aromatic carbocycles. The normalized spacial score (nSPS) is 18.0. The molecule has 1 heterocycles. The summed E-state index contributed by atoms with van der Waals surface area (Å²) in [6.07, 6.45) is -2.74. The number of anilines is 1. The molecule has 2 rings (SSSR count). The van der Waals surface area contributed by atoms with Crippen LogP contribution >= 0.6 is 0 Å². The third kappa shape index (κ3) is 5.13. The molecule has 1 aromatic rings. The van der Waals surface area contributed by atoms with Gasteiger partial charge in [0.05, 0.1) is 12.2 Å². The molecule has 1 atom stereocenters. The number of alkyl halides is 3. The Morgan fingerprint density at radius 2 is 2.22 bits per heavy atom. The average molecular weight is 330 g/mol. The number of ether oxygens (including phenoxy) is 1. The second-order valence-electron chi connectivity index (χ2n) is 5.68. The van der Waals surface area contributed by atoms with Gasteiger partial charge in [-0.1, -0.05) is 13.0 Å². The van der Waals surface area contributed by atoms with Gasteiger partial charge in [0.2, 0.25) is 0 Å². The van der Waals surface area contributed by atoms with Crippen molar-refractivity contribution in [2.45, 2.75) is 25.9 Å². The van der Waals surface area contributed by atoms with Crippen LogP contribution in [0.2, 0.25) is 0 Å². The monoisotopic (exact) mass is 330 g/mol. The molecule has 0 bridgehead atoms. The zero-order valence-corrected chi connectivity index (χ0v) is 13.0. The number of halogens is 3. The van der Waals surface area contributed by atoms with Crippen molar-refractivity contribution in [2.75, 3.05) is 31.6 Å². The minimum atomic E-state index is -4.43. The molecule has 1 saturated heterocycles. The second-order valence-corrected chi connectivity index (χ2v) is 5.68. The lowest BCUT2D eigenvalue weighted by molar-refractivity contribution is -0.137.